The Hall–Kier alpha value is -1.70. The molecule has 2 heteroatoms. The van der Waals surface area contributed by atoms with Gasteiger partial charge in [0.15, 0.2) is 11.6 Å². The summed E-state index contributed by atoms with van der Waals surface area (Å²) < 4.78 is 0. The standard InChI is InChI=1S/C12H10O2/c1-7-3-4-9-10(13)5-6-11(14)12(9)8(7)2/h3-6H,1-2H3. The number of allylic oxidation sites excluding steroid dienone is 2. The number of carbonyl (C=O) groups is 2. The smallest absolute Gasteiger partial charge is 0.186 e. The number of rotatable bonds is 0. The summed E-state index contributed by atoms with van der Waals surface area (Å²) in [7, 11) is 0. The average molecular weight is 186 g/mol. The predicted octanol–water partition coefficient (Wildman–Crippen LogP) is 2.24. The second kappa shape index (κ2) is 2.91. The van der Waals surface area contributed by atoms with Crippen LogP contribution in [-0.4, -0.2) is 11.6 Å². The molecule has 1 aromatic carbocycles. The van der Waals surface area contributed by atoms with Crippen molar-refractivity contribution in [2.45, 2.75) is 13.8 Å². The first-order valence-corrected chi connectivity index (χ1v) is 4.48. The maximum Gasteiger partial charge on any atom is 0.186 e. The van der Waals surface area contributed by atoms with Crippen molar-refractivity contribution in [1.29, 1.82) is 0 Å². The Morgan fingerprint density at radius 3 is 2.29 bits per heavy atom. The summed E-state index contributed by atoms with van der Waals surface area (Å²) in [6.07, 6.45) is 2.68. The highest BCUT2D eigenvalue weighted by Gasteiger charge is 2.21. The first kappa shape index (κ1) is 8.88. The minimum Gasteiger partial charge on any atom is -0.289 e. The molecule has 0 aliphatic heterocycles. The van der Waals surface area contributed by atoms with Crippen molar-refractivity contribution < 1.29 is 9.59 Å². The van der Waals surface area contributed by atoms with Gasteiger partial charge in [-0.1, -0.05) is 12.1 Å². The number of ketones is 2. The van der Waals surface area contributed by atoms with Crippen molar-refractivity contribution in [2.75, 3.05) is 0 Å². The largest absolute Gasteiger partial charge is 0.289 e. The van der Waals surface area contributed by atoms with Gasteiger partial charge in [-0.3, -0.25) is 9.59 Å². The monoisotopic (exact) mass is 186 g/mol. The van der Waals surface area contributed by atoms with Crippen LogP contribution < -0.4 is 0 Å². The van der Waals surface area contributed by atoms with Gasteiger partial charge in [0, 0.05) is 11.1 Å². The van der Waals surface area contributed by atoms with Crippen LogP contribution in [0.3, 0.4) is 0 Å². The van der Waals surface area contributed by atoms with E-state index in [0.717, 1.165) is 11.1 Å². The third-order valence-electron chi connectivity index (χ3n) is 2.63. The molecule has 0 heterocycles. The van der Waals surface area contributed by atoms with Crippen molar-refractivity contribution in [3.05, 3.63) is 46.5 Å². The molecule has 1 aliphatic rings. The molecule has 0 fully saturated rings. The Kier molecular flexibility index (Phi) is 1.84. The summed E-state index contributed by atoms with van der Waals surface area (Å²) in [4.78, 5) is 23.0. The molecule has 0 atom stereocenters. The molecule has 0 N–H and O–H groups in total. The molecule has 70 valence electrons. The van der Waals surface area contributed by atoms with Gasteiger partial charge in [-0.2, -0.15) is 0 Å². The van der Waals surface area contributed by atoms with Crippen LogP contribution in [0.2, 0.25) is 0 Å². The third kappa shape index (κ3) is 1.11. The van der Waals surface area contributed by atoms with Crippen LogP contribution in [0, 0.1) is 13.8 Å². The van der Waals surface area contributed by atoms with E-state index in [4.69, 9.17) is 0 Å². The fraction of sp³-hybridized carbons (Fsp3) is 0.167. The SMILES string of the molecule is Cc1ccc2c(c1C)C(=O)C=CC2=O. The van der Waals surface area contributed by atoms with Crippen molar-refractivity contribution in [1.82, 2.24) is 0 Å². The molecule has 1 aliphatic carbocycles. The Labute approximate surface area is 82.2 Å². The van der Waals surface area contributed by atoms with Gasteiger partial charge >= 0.3 is 0 Å². The van der Waals surface area contributed by atoms with E-state index in [2.05, 4.69) is 0 Å². The average Bonchev–Trinajstić information content (AvgIpc) is 2.16. The van der Waals surface area contributed by atoms with Crippen LogP contribution in [0.1, 0.15) is 31.8 Å². The van der Waals surface area contributed by atoms with E-state index in [0.29, 0.717) is 11.1 Å². The Morgan fingerprint density at radius 2 is 1.57 bits per heavy atom. The zero-order chi connectivity index (χ0) is 10.3. The van der Waals surface area contributed by atoms with E-state index in [9.17, 15) is 9.59 Å². The van der Waals surface area contributed by atoms with Crippen molar-refractivity contribution in [2.24, 2.45) is 0 Å². The third-order valence-corrected chi connectivity index (χ3v) is 2.63. The van der Waals surface area contributed by atoms with Gasteiger partial charge in [-0.05, 0) is 37.1 Å². The number of aryl methyl sites for hydroxylation is 1. The lowest BCUT2D eigenvalue weighted by atomic mass is 9.89. The van der Waals surface area contributed by atoms with Crippen molar-refractivity contribution >= 4 is 11.6 Å². The first-order valence-electron chi connectivity index (χ1n) is 4.48. The highest BCUT2D eigenvalue weighted by atomic mass is 16.1. The molecule has 0 saturated heterocycles. The van der Waals surface area contributed by atoms with Gasteiger partial charge < -0.3 is 0 Å². The highest BCUT2D eigenvalue weighted by molar-refractivity contribution is 6.22. The molecule has 2 nitrogen and oxygen atoms in total. The summed E-state index contributed by atoms with van der Waals surface area (Å²) >= 11 is 0. The summed E-state index contributed by atoms with van der Waals surface area (Å²) in [6, 6.07) is 3.60. The Balaban J connectivity index is 2.79. The summed E-state index contributed by atoms with van der Waals surface area (Å²) in [5.41, 5.74) is 3.04. The minimum atomic E-state index is -0.0808. The van der Waals surface area contributed by atoms with E-state index in [1.807, 2.05) is 19.9 Å². The van der Waals surface area contributed by atoms with Gasteiger partial charge in [0.05, 0.1) is 0 Å². The first-order chi connectivity index (χ1) is 6.61. The second-order valence-corrected chi connectivity index (χ2v) is 3.49. The van der Waals surface area contributed by atoms with Crippen LogP contribution in [0.4, 0.5) is 0 Å². The zero-order valence-corrected chi connectivity index (χ0v) is 8.13. The summed E-state index contributed by atoms with van der Waals surface area (Å²) in [5, 5.41) is 0. The molecule has 0 spiro atoms. The van der Waals surface area contributed by atoms with E-state index in [1.165, 1.54) is 12.2 Å². The molecule has 0 unspecified atom stereocenters. The van der Waals surface area contributed by atoms with Crippen LogP contribution in [0.5, 0.6) is 0 Å². The Morgan fingerprint density at radius 1 is 0.929 bits per heavy atom. The Bertz CT molecular complexity index is 467. The number of benzene rings is 1. The molecule has 0 radical (unpaired) electrons. The van der Waals surface area contributed by atoms with Crippen molar-refractivity contribution in [3.8, 4) is 0 Å². The van der Waals surface area contributed by atoms with E-state index in [-0.39, 0.29) is 11.6 Å². The number of carbonyl (C=O) groups excluding carboxylic acids is 2. The quantitative estimate of drug-likeness (QED) is 0.622. The summed E-state index contributed by atoms with van der Waals surface area (Å²) in [6.45, 7) is 3.81. The number of hydrogen-bond acceptors (Lipinski definition) is 2. The molecular formula is C12H10O2. The lowest BCUT2D eigenvalue weighted by molar-refractivity contribution is 0.0993. The second-order valence-electron chi connectivity index (χ2n) is 3.49. The van der Waals surface area contributed by atoms with Crippen LogP contribution in [0.25, 0.3) is 0 Å². The van der Waals surface area contributed by atoms with Gasteiger partial charge in [-0.15, -0.1) is 0 Å². The molecule has 0 amide bonds. The molecule has 14 heavy (non-hydrogen) atoms. The lowest BCUT2D eigenvalue weighted by Gasteiger charge is -2.13. The number of fused-ring (bicyclic) bond motifs is 1. The maximum atomic E-state index is 11.6. The fourth-order valence-corrected chi connectivity index (χ4v) is 1.66. The lowest BCUT2D eigenvalue weighted by Crippen LogP contribution is -2.13. The van der Waals surface area contributed by atoms with Gasteiger partial charge in [0.25, 0.3) is 0 Å². The molecular weight excluding hydrogens is 176 g/mol. The molecule has 0 saturated carbocycles. The topological polar surface area (TPSA) is 34.1 Å². The molecule has 2 rings (SSSR count). The van der Waals surface area contributed by atoms with E-state index in [1.54, 1.807) is 6.07 Å². The molecule has 0 bridgehead atoms. The minimum absolute atomic E-state index is 0.0687. The number of hydrogen-bond donors (Lipinski definition) is 0. The van der Waals surface area contributed by atoms with Crippen LogP contribution in [-0.2, 0) is 0 Å². The van der Waals surface area contributed by atoms with E-state index < -0.39 is 0 Å². The predicted molar refractivity (Wildman–Crippen MR) is 53.7 cm³/mol. The summed E-state index contributed by atoms with van der Waals surface area (Å²) in [5.74, 6) is -0.150. The maximum absolute atomic E-state index is 11.6. The molecule has 1 aromatic rings. The normalized spacial score (nSPS) is 14.4. The van der Waals surface area contributed by atoms with Crippen molar-refractivity contribution in [3.63, 3.8) is 0 Å². The zero-order valence-electron chi connectivity index (χ0n) is 8.13. The van der Waals surface area contributed by atoms with Gasteiger partial charge in [0.2, 0.25) is 0 Å². The van der Waals surface area contributed by atoms with Gasteiger partial charge in [0.1, 0.15) is 0 Å². The van der Waals surface area contributed by atoms with Gasteiger partial charge in [-0.25, -0.2) is 0 Å². The van der Waals surface area contributed by atoms with Crippen LogP contribution in [0.15, 0.2) is 24.3 Å². The fourth-order valence-electron chi connectivity index (χ4n) is 1.66. The molecule has 0 aromatic heterocycles. The van der Waals surface area contributed by atoms with E-state index >= 15 is 0 Å². The highest BCUT2D eigenvalue weighted by Crippen LogP contribution is 2.22. The van der Waals surface area contributed by atoms with Crippen LogP contribution >= 0.6 is 0 Å².